The zero-order valence-electron chi connectivity index (χ0n) is 11.5. The van der Waals surface area contributed by atoms with Crippen LogP contribution in [0.2, 0.25) is 0 Å². The average Bonchev–Trinajstić information content (AvgIpc) is 2.89. The molecular formula is C15H13BrN2O3. The van der Waals surface area contributed by atoms with Crippen LogP contribution in [0.15, 0.2) is 39.2 Å². The molecule has 3 aromatic rings. The fourth-order valence-corrected chi connectivity index (χ4v) is 2.44. The number of aromatic nitrogens is 1. The first kappa shape index (κ1) is 13.8. The van der Waals surface area contributed by atoms with E-state index in [1.54, 1.807) is 26.4 Å². The number of hydrogen-bond acceptors (Lipinski definition) is 5. The molecule has 2 aromatic carbocycles. The zero-order chi connectivity index (χ0) is 15.0. The first-order chi connectivity index (χ1) is 10.1. The van der Waals surface area contributed by atoms with Gasteiger partial charge in [-0.05, 0) is 24.3 Å². The number of halogens is 1. The maximum Gasteiger partial charge on any atom is 0.229 e. The minimum absolute atomic E-state index is 0.446. The highest BCUT2D eigenvalue weighted by Crippen LogP contribution is 2.38. The Morgan fingerprint density at radius 1 is 1.10 bits per heavy atom. The third kappa shape index (κ3) is 2.42. The molecule has 108 valence electrons. The van der Waals surface area contributed by atoms with Gasteiger partial charge in [0, 0.05) is 16.2 Å². The number of nitrogen functional groups attached to an aromatic ring is 1. The van der Waals surface area contributed by atoms with Crippen LogP contribution in [0.5, 0.6) is 11.5 Å². The molecule has 0 atom stereocenters. The molecule has 2 N–H and O–H groups in total. The summed E-state index contributed by atoms with van der Waals surface area (Å²) in [6.07, 6.45) is 0. The Morgan fingerprint density at radius 2 is 1.81 bits per heavy atom. The molecule has 0 aliphatic heterocycles. The van der Waals surface area contributed by atoms with E-state index in [1.807, 2.05) is 18.2 Å². The fourth-order valence-electron chi connectivity index (χ4n) is 2.10. The van der Waals surface area contributed by atoms with Gasteiger partial charge >= 0.3 is 0 Å². The van der Waals surface area contributed by atoms with Crippen LogP contribution >= 0.6 is 15.9 Å². The summed E-state index contributed by atoms with van der Waals surface area (Å²) in [5, 5.41) is 0. The van der Waals surface area contributed by atoms with Crippen LogP contribution in [0.4, 0.5) is 5.69 Å². The van der Waals surface area contributed by atoms with Gasteiger partial charge in [0.05, 0.1) is 19.8 Å². The van der Waals surface area contributed by atoms with E-state index in [-0.39, 0.29) is 0 Å². The van der Waals surface area contributed by atoms with Crippen LogP contribution < -0.4 is 15.2 Å². The summed E-state index contributed by atoms with van der Waals surface area (Å²) in [6, 6.07) is 9.09. The highest BCUT2D eigenvalue weighted by atomic mass is 79.9. The van der Waals surface area contributed by atoms with Crippen molar-refractivity contribution in [3.63, 3.8) is 0 Å². The average molecular weight is 349 g/mol. The highest BCUT2D eigenvalue weighted by Gasteiger charge is 2.15. The van der Waals surface area contributed by atoms with Gasteiger partial charge in [-0.3, -0.25) is 0 Å². The molecule has 0 unspecified atom stereocenters. The standard InChI is InChI=1S/C15H13BrN2O3/c1-19-13-6-9(10(17)7-14(13)20-2)15-18-11-5-8(16)3-4-12(11)21-15/h3-7H,17H2,1-2H3. The Kier molecular flexibility index (Phi) is 3.47. The van der Waals surface area contributed by atoms with Crippen molar-refractivity contribution in [3.05, 3.63) is 34.8 Å². The van der Waals surface area contributed by atoms with E-state index < -0.39 is 0 Å². The lowest BCUT2D eigenvalue weighted by Crippen LogP contribution is -1.96. The quantitative estimate of drug-likeness (QED) is 0.727. The Bertz CT molecular complexity index is 814. The van der Waals surface area contributed by atoms with Crippen molar-refractivity contribution < 1.29 is 13.9 Å². The lowest BCUT2D eigenvalue weighted by atomic mass is 10.1. The molecule has 0 amide bonds. The van der Waals surface area contributed by atoms with Gasteiger partial charge in [-0.2, -0.15) is 0 Å². The van der Waals surface area contributed by atoms with E-state index in [1.165, 1.54) is 0 Å². The number of oxazole rings is 1. The van der Waals surface area contributed by atoms with Crippen molar-refractivity contribution in [2.24, 2.45) is 0 Å². The van der Waals surface area contributed by atoms with Crippen molar-refractivity contribution in [3.8, 4) is 23.0 Å². The lowest BCUT2D eigenvalue weighted by Gasteiger charge is -2.10. The molecule has 1 heterocycles. The molecule has 3 rings (SSSR count). The molecule has 0 radical (unpaired) electrons. The summed E-state index contributed by atoms with van der Waals surface area (Å²) in [4.78, 5) is 4.46. The van der Waals surface area contributed by atoms with Gasteiger partial charge in [-0.25, -0.2) is 4.98 Å². The molecule has 0 saturated heterocycles. The Balaban J connectivity index is 2.17. The normalized spacial score (nSPS) is 10.8. The van der Waals surface area contributed by atoms with E-state index in [2.05, 4.69) is 20.9 Å². The van der Waals surface area contributed by atoms with Crippen LogP contribution in [0.3, 0.4) is 0 Å². The van der Waals surface area contributed by atoms with E-state index in [9.17, 15) is 0 Å². The van der Waals surface area contributed by atoms with Crippen LogP contribution in [0.1, 0.15) is 0 Å². The number of rotatable bonds is 3. The second-order valence-corrected chi connectivity index (χ2v) is 5.34. The van der Waals surface area contributed by atoms with E-state index in [0.29, 0.717) is 34.2 Å². The van der Waals surface area contributed by atoms with Crippen LogP contribution in [0.25, 0.3) is 22.6 Å². The first-order valence-corrected chi connectivity index (χ1v) is 6.99. The zero-order valence-corrected chi connectivity index (χ0v) is 13.1. The molecule has 0 aliphatic carbocycles. The predicted octanol–water partition coefficient (Wildman–Crippen LogP) is 3.86. The number of anilines is 1. The molecular weight excluding hydrogens is 336 g/mol. The predicted molar refractivity (Wildman–Crippen MR) is 84.7 cm³/mol. The summed E-state index contributed by atoms with van der Waals surface area (Å²) < 4.78 is 17.2. The first-order valence-electron chi connectivity index (χ1n) is 6.20. The molecule has 1 aromatic heterocycles. The Labute approximate surface area is 129 Å². The summed E-state index contributed by atoms with van der Waals surface area (Å²) in [5.41, 5.74) is 8.69. The monoisotopic (exact) mass is 348 g/mol. The van der Waals surface area contributed by atoms with Crippen molar-refractivity contribution in [1.82, 2.24) is 4.98 Å². The van der Waals surface area contributed by atoms with Crippen LogP contribution in [-0.2, 0) is 0 Å². The lowest BCUT2D eigenvalue weighted by molar-refractivity contribution is 0.355. The van der Waals surface area contributed by atoms with E-state index in [0.717, 1.165) is 9.99 Å². The van der Waals surface area contributed by atoms with E-state index >= 15 is 0 Å². The van der Waals surface area contributed by atoms with Gasteiger partial charge in [0.15, 0.2) is 17.1 Å². The maximum absolute atomic E-state index is 6.06. The SMILES string of the molecule is COc1cc(N)c(-c2nc3cc(Br)ccc3o2)cc1OC. The third-order valence-corrected chi connectivity index (χ3v) is 3.63. The molecule has 0 saturated carbocycles. The number of fused-ring (bicyclic) bond motifs is 1. The number of methoxy groups -OCH3 is 2. The summed E-state index contributed by atoms with van der Waals surface area (Å²) in [7, 11) is 3.13. The molecule has 5 nitrogen and oxygen atoms in total. The number of hydrogen-bond donors (Lipinski definition) is 1. The number of benzene rings is 2. The summed E-state index contributed by atoms with van der Waals surface area (Å²) in [6.45, 7) is 0. The van der Waals surface area contributed by atoms with Crippen molar-refractivity contribution in [2.75, 3.05) is 20.0 Å². The molecule has 21 heavy (non-hydrogen) atoms. The summed E-state index contributed by atoms with van der Waals surface area (Å²) in [5.74, 6) is 1.59. The second-order valence-electron chi connectivity index (χ2n) is 4.43. The maximum atomic E-state index is 6.06. The minimum atomic E-state index is 0.446. The minimum Gasteiger partial charge on any atom is -0.493 e. The van der Waals surface area contributed by atoms with E-state index in [4.69, 9.17) is 19.6 Å². The third-order valence-electron chi connectivity index (χ3n) is 3.14. The van der Waals surface area contributed by atoms with Crippen LogP contribution in [0, 0.1) is 0 Å². The molecule has 6 heteroatoms. The van der Waals surface area contributed by atoms with Gasteiger partial charge in [-0.1, -0.05) is 15.9 Å². The molecule has 0 spiro atoms. The molecule has 0 aliphatic rings. The highest BCUT2D eigenvalue weighted by molar-refractivity contribution is 9.10. The number of nitrogens with two attached hydrogens (primary N) is 1. The van der Waals surface area contributed by atoms with Gasteiger partial charge < -0.3 is 19.6 Å². The summed E-state index contributed by atoms with van der Waals surface area (Å²) >= 11 is 3.41. The van der Waals surface area contributed by atoms with Gasteiger partial charge in [0.25, 0.3) is 0 Å². The topological polar surface area (TPSA) is 70.5 Å². The largest absolute Gasteiger partial charge is 0.493 e. The number of ether oxygens (including phenoxy) is 2. The van der Waals surface area contributed by atoms with Crippen LogP contribution in [-0.4, -0.2) is 19.2 Å². The number of nitrogens with zero attached hydrogens (tertiary/aromatic N) is 1. The molecule has 0 fully saturated rings. The van der Waals surface area contributed by atoms with Crippen molar-refractivity contribution in [1.29, 1.82) is 0 Å². The Morgan fingerprint density at radius 3 is 2.52 bits per heavy atom. The van der Waals surface area contributed by atoms with Crippen molar-refractivity contribution in [2.45, 2.75) is 0 Å². The van der Waals surface area contributed by atoms with Gasteiger partial charge in [-0.15, -0.1) is 0 Å². The van der Waals surface area contributed by atoms with Gasteiger partial charge in [0.1, 0.15) is 5.52 Å². The van der Waals surface area contributed by atoms with Gasteiger partial charge in [0.2, 0.25) is 5.89 Å². The fraction of sp³-hybridized carbons (Fsp3) is 0.133. The molecule has 0 bridgehead atoms. The Hall–Kier alpha value is -2.21. The smallest absolute Gasteiger partial charge is 0.229 e. The van der Waals surface area contributed by atoms with Crippen molar-refractivity contribution >= 4 is 32.7 Å². The second kappa shape index (κ2) is 5.29.